The number of aliphatic hydroxyl groups is 1. The van der Waals surface area contributed by atoms with Crippen molar-refractivity contribution in [2.75, 3.05) is 32.6 Å². The molecule has 1 unspecified atom stereocenters. The molecule has 9 heteroatoms. The van der Waals surface area contributed by atoms with E-state index in [4.69, 9.17) is 9.72 Å². The molecule has 2 N–H and O–H groups in total. The fourth-order valence-electron chi connectivity index (χ4n) is 4.92. The molecule has 2 aliphatic carbocycles. The third kappa shape index (κ3) is 4.83. The summed E-state index contributed by atoms with van der Waals surface area (Å²) in [6.07, 6.45) is 8.90. The lowest BCUT2D eigenvalue weighted by molar-refractivity contribution is 0.0831. The molecule has 0 bridgehead atoms. The van der Waals surface area contributed by atoms with E-state index in [9.17, 15) is 5.11 Å². The number of ether oxygens (including phenoxy) is 1. The number of anilines is 2. The summed E-state index contributed by atoms with van der Waals surface area (Å²) in [5.74, 6) is 1.14. The van der Waals surface area contributed by atoms with Crippen LogP contribution in [0.3, 0.4) is 0 Å². The summed E-state index contributed by atoms with van der Waals surface area (Å²) in [5, 5.41) is 21.9. The van der Waals surface area contributed by atoms with E-state index in [1.54, 1.807) is 10.9 Å². The standard InChI is InChI=1S/C28H29N7O2/c1-34(2)16-22(36)17-37-23-10-7-20(8-11-23)30-28-29-15-26-27(31-28)35(33-32-26)21-9-12-25-19(14-21)13-18-5-3-4-6-24(18)25/h4,6-12,14-15,22,36H,3,5,13,16-17H2,1-2H3,(H,29,30,31). The van der Waals surface area contributed by atoms with E-state index in [-0.39, 0.29) is 6.61 Å². The Labute approximate surface area is 215 Å². The molecular weight excluding hydrogens is 466 g/mol. The van der Waals surface area contributed by atoms with E-state index in [2.05, 4.69) is 51.0 Å². The number of aromatic nitrogens is 5. The minimum absolute atomic E-state index is 0.236. The minimum Gasteiger partial charge on any atom is -0.491 e. The minimum atomic E-state index is -0.546. The first kappa shape index (κ1) is 23.3. The summed E-state index contributed by atoms with van der Waals surface area (Å²) in [6, 6.07) is 13.9. The molecule has 6 rings (SSSR count). The van der Waals surface area contributed by atoms with Gasteiger partial charge in [0.2, 0.25) is 5.95 Å². The number of hydrogen-bond acceptors (Lipinski definition) is 8. The second-order valence-electron chi connectivity index (χ2n) is 9.76. The van der Waals surface area contributed by atoms with Gasteiger partial charge in [-0.25, -0.2) is 4.98 Å². The number of fused-ring (bicyclic) bond motifs is 3. The van der Waals surface area contributed by atoms with Crippen LogP contribution >= 0.6 is 0 Å². The smallest absolute Gasteiger partial charge is 0.229 e. The number of hydrogen-bond donors (Lipinski definition) is 2. The number of nitrogens with one attached hydrogen (secondary N) is 1. The molecule has 0 amide bonds. The van der Waals surface area contributed by atoms with Gasteiger partial charge in [0.1, 0.15) is 18.5 Å². The molecule has 2 aliphatic rings. The molecule has 0 fully saturated rings. The molecule has 1 atom stereocenters. The van der Waals surface area contributed by atoms with Gasteiger partial charge in [0.15, 0.2) is 11.2 Å². The molecule has 0 saturated carbocycles. The van der Waals surface area contributed by atoms with Crippen molar-refractivity contribution < 1.29 is 9.84 Å². The van der Waals surface area contributed by atoms with Gasteiger partial charge in [-0.3, -0.25) is 0 Å². The van der Waals surface area contributed by atoms with Crippen LogP contribution in [0.4, 0.5) is 11.6 Å². The molecule has 188 valence electrons. The van der Waals surface area contributed by atoms with E-state index in [1.165, 1.54) is 22.3 Å². The van der Waals surface area contributed by atoms with Gasteiger partial charge in [-0.1, -0.05) is 29.0 Å². The number of likely N-dealkylation sites (N-methyl/N-ethyl adjacent to an activating group) is 1. The van der Waals surface area contributed by atoms with E-state index in [0.717, 1.165) is 30.6 Å². The Morgan fingerprint density at radius 2 is 2.03 bits per heavy atom. The highest BCUT2D eigenvalue weighted by Crippen LogP contribution is 2.39. The molecule has 4 aromatic rings. The highest BCUT2D eigenvalue weighted by Gasteiger charge is 2.22. The Morgan fingerprint density at radius 1 is 1.16 bits per heavy atom. The first-order chi connectivity index (χ1) is 18.0. The second kappa shape index (κ2) is 9.76. The van der Waals surface area contributed by atoms with Gasteiger partial charge in [0.25, 0.3) is 0 Å². The quantitative estimate of drug-likeness (QED) is 0.379. The fourth-order valence-corrected chi connectivity index (χ4v) is 4.92. The summed E-state index contributed by atoms with van der Waals surface area (Å²) in [6.45, 7) is 0.784. The number of rotatable bonds is 8. The third-order valence-corrected chi connectivity index (χ3v) is 6.63. The van der Waals surface area contributed by atoms with Crippen LogP contribution in [-0.4, -0.2) is 68.3 Å². The largest absolute Gasteiger partial charge is 0.491 e. The fraction of sp³-hybridized carbons (Fsp3) is 0.286. The molecule has 0 radical (unpaired) electrons. The Bertz CT molecular complexity index is 1510. The topological polar surface area (TPSA) is 101 Å². The number of benzene rings is 2. The Hall–Kier alpha value is -4.08. The normalized spacial score (nSPS) is 15.2. The zero-order valence-electron chi connectivity index (χ0n) is 20.9. The zero-order valence-corrected chi connectivity index (χ0v) is 20.9. The first-order valence-electron chi connectivity index (χ1n) is 12.5. The highest BCUT2D eigenvalue weighted by atomic mass is 16.5. The summed E-state index contributed by atoms with van der Waals surface area (Å²) in [7, 11) is 3.83. The lowest BCUT2D eigenvalue weighted by Gasteiger charge is -2.16. The van der Waals surface area contributed by atoms with Crippen molar-refractivity contribution in [3.05, 3.63) is 77.5 Å². The van der Waals surface area contributed by atoms with Crippen molar-refractivity contribution in [2.24, 2.45) is 0 Å². The molecule has 0 saturated heterocycles. The predicted octanol–water partition coefficient (Wildman–Crippen LogP) is 3.92. The van der Waals surface area contributed by atoms with E-state index >= 15 is 0 Å². The molecule has 0 spiro atoms. The monoisotopic (exact) mass is 495 g/mol. The lowest BCUT2D eigenvalue weighted by Crippen LogP contribution is -2.30. The molecule has 9 nitrogen and oxygen atoms in total. The maximum atomic E-state index is 9.99. The molecule has 0 aliphatic heterocycles. The first-order valence-corrected chi connectivity index (χ1v) is 12.5. The van der Waals surface area contributed by atoms with Crippen LogP contribution in [0.15, 0.2) is 66.4 Å². The van der Waals surface area contributed by atoms with Gasteiger partial charge in [-0.05, 0) is 86.5 Å². The van der Waals surface area contributed by atoms with Crippen molar-refractivity contribution >= 4 is 28.4 Å². The predicted molar refractivity (Wildman–Crippen MR) is 143 cm³/mol. The van der Waals surface area contributed by atoms with Crippen LogP contribution in [0.5, 0.6) is 5.75 Å². The average molecular weight is 496 g/mol. The van der Waals surface area contributed by atoms with Crippen LogP contribution < -0.4 is 10.1 Å². The molecule has 37 heavy (non-hydrogen) atoms. The van der Waals surface area contributed by atoms with E-state index < -0.39 is 6.10 Å². The van der Waals surface area contributed by atoms with E-state index in [0.29, 0.717) is 29.4 Å². The maximum Gasteiger partial charge on any atom is 0.229 e. The van der Waals surface area contributed by atoms with Crippen molar-refractivity contribution in [3.8, 4) is 11.4 Å². The highest BCUT2D eigenvalue weighted by molar-refractivity contribution is 5.84. The SMILES string of the molecule is CN(C)CC(O)COc1ccc(Nc2ncc3nnn(-c4ccc5c(c4)CC4=C5C=CCC4)c3n2)cc1. The van der Waals surface area contributed by atoms with Crippen LogP contribution in [0.25, 0.3) is 22.4 Å². The van der Waals surface area contributed by atoms with Gasteiger partial charge in [-0.2, -0.15) is 9.67 Å². The number of aliphatic hydroxyl groups excluding tert-OH is 1. The van der Waals surface area contributed by atoms with Crippen LogP contribution in [0.1, 0.15) is 24.0 Å². The Kier molecular flexibility index (Phi) is 6.15. The number of nitrogens with zero attached hydrogens (tertiary/aromatic N) is 6. The molecule has 2 heterocycles. The van der Waals surface area contributed by atoms with Crippen molar-refractivity contribution in [3.63, 3.8) is 0 Å². The molecule has 2 aromatic heterocycles. The Balaban J connectivity index is 1.18. The summed E-state index contributed by atoms with van der Waals surface area (Å²) in [5.41, 5.74) is 8.57. The van der Waals surface area contributed by atoms with Crippen molar-refractivity contribution in [1.29, 1.82) is 0 Å². The van der Waals surface area contributed by atoms with Gasteiger partial charge in [0, 0.05) is 12.2 Å². The van der Waals surface area contributed by atoms with Crippen LogP contribution in [0, 0.1) is 0 Å². The lowest BCUT2D eigenvalue weighted by atomic mass is 9.98. The summed E-state index contributed by atoms with van der Waals surface area (Å²) >= 11 is 0. The summed E-state index contributed by atoms with van der Waals surface area (Å²) < 4.78 is 7.46. The van der Waals surface area contributed by atoms with Gasteiger partial charge in [-0.15, -0.1) is 5.10 Å². The van der Waals surface area contributed by atoms with Gasteiger partial charge < -0.3 is 20.1 Å². The number of allylic oxidation sites excluding steroid dienone is 4. The van der Waals surface area contributed by atoms with Crippen LogP contribution in [0.2, 0.25) is 0 Å². The zero-order chi connectivity index (χ0) is 25.4. The Morgan fingerprint density at radius 3 is 2.86 bits per heavy atom. The average Bonchev–Trinajstić information content (AvgIpc) is 3.48. The summed E-state index contributed by atoms with van der Waals surface area (Å²) in [4.78, 5) is 11.0. The molecule has 2 aromatic carbocycles. The van der Waals surface area contributed by atoms with Crippen LogP contribution in [-0.2, 0) is 6.42 Å². The van der Waals surface area contributed by atoms with E-state index in [1.807, 2.05) is 43.3 Å². The van der Waals surface area contributed by atoms with Gasteiger partial charge in [0.05, 0.1) is 11.9 Å². The van der Waals surface area contributed by atoms with Gasteiger partial charge >= 0.3 is 0 Å². The molecular formula is C28H29N7O2. The maximum absolute atomic E-state index is 9.99. The second-order valence-corrected chi connectivity index (χ2v) is 9.76. The van der Waals surface area contributed by atoms with Crippen molar-refractivity contribution in [2.45, 2.75) is 25.4 Å². The van der Waals surface area contributed by atoms with Crippen molar-refractivity contribution in [1.82, 2.24) is 29.9 Å². The third-order valence-electron chi connectivity index (χ3n) is 6.63.